The first-order chi connectivity index (χ1) is 13.1. The molecule has 0 radical (unpaired) electrons. The maximum Gasteiger partial charge on any atom is 0.330 e. The van der Waals surface area contributed by atoms with Crippen molar-refractivity contribution in [3.8, 4) is 0 Å². The third-order valence-corrected chi connectivity index (χ3v) is 4.29. The topological polar surface area (TPSA) is 114 Å². The maximum atomic E-state index is 12.6. The molecule has 0 aliphatic rings. The van der Waals surface area contributed by atoms with Gasteiger partial charge in [0, 0.05) is 25.5 Å². The van der Waals surface area contributed by atoms with E-state index in [1.54, 1.807) is 29.7 Å². The number of carbonyl (C=O) groups is 1. The van der Waals surface area contributed by atoms with Crippen LogP contribution in [0.2, 0.25) is 0 Å². The Balaban J connectivity index is 1.56. The number of nitrogens with zero attached hydrogens (tertiary/aromatic N) is 4. The molecule has 0 bridgehead atoms. The third-order valence-electron chi connectivity index (χ3n) is 4.29. The van der Waals surface area contributed by atoms with E-state index in [4.69, 9.17) is 0 Å². The molecule has 9 heteroatoms. The molecule has 1 amide bonds. The Labute approximate surface area is 152 Å². The zero-order valence-electron chi connectivity index (χ0n) is 14.5. The average molecular weight is 364 g/mol. The molecule has 0 atom stereocenters. The van der Waals surface area contributed by atoms with Gasteiger partial charge in [0.2, 0.25) is 0 Å². The van der Waals surface area contributed by atoms with Crippen molar-refractivity contribution in [3.05, 3.63) is 75.0 Å². The lowest BCUT2D eigenvalue weighted by Crippen LogP contribution is -2.39. The first-order valence-electron chi connectivity index (χ1n) is 8.36. The van der Waals surface area contributed by atoms with E-state index < -0.39 is 11.2 Å². The van der Waals surface area contributed by atoms with Crippen molar-refractivity contribution in [3.63, 3.8) is 0 Å². The second-order valence-corrected chi connectivity index (χ2v) is 6.02. The Morgan fingerprint density at radius 1 is 1.22 bits per heavy atom. The second-order valence-electron chi connectivity index (χ2n) is 6.02. The number of aryl methyl sites for hydroxylation is 1. The van der Waals surface area contributed by atoms with Crippen LogP contribution in [0.5, 0.6) is 0 Å². The van der Waals surface area contributed by atoms with E-state index in [-0.39, 0.29) is 24.6 Å². The van der Waals surface area contributed by atoms with Gasteiger partial charge in [-0.1, -0.05) is 6.07 Å². The minimum atomic E-state index is -0.563. The molecular weight excluding hydrogens is 348 g/mol. The zero-order chi connectivity index (χ0) is 19.0. The molecule has 4 rings (SSSR count). The van der Waals surface area contributed by atoms with Crippen LogP contribution in [0.25, 0.3) is 16.7 Å². The summed E-state index contributed by atoms with van der Waals surface area (Å²) in [6, 6.07) is 8.69. The van der Waals surface area contributed by atoms with Crippen LogP contribution in [-0.4, -0.2) is 36.4 Å². The molecule has 0 spiro atoms. The molecule has 27 heavy (non-hydrogen) atoms. The molecule has 2 N–H and O–H groups in total. The monoisotopic (exact) mass is 364 g/mol. The number of hydrogen-bond acceptors (Lipinski definition) is 5. The molecule has 9 nitrogen and oxygen atoms in total. The fourth-order valence-electron chi connectivity index (χ4n) is 3.04. The summed E-state index contributed by atoms with van der Waals surface area (Å²) in [7, 11) is 0. The Morgan fingerprint density at radius 2 is 2.07 bits per heavy atom. The van der Waals surface area contributed by atoms with Crippen molar-refractivity contribution in [2.24, 2.45) is 0 Å². The Kier molecular flexibility index (Phi) is 4.03. The van der Waals surface area contributed by atoms with Crippen molar-refractivity contribution >= 4 is 22.6 Å². The number of aromatic amines is 1. The van der Waals surface area contributed by atoms with E-state index in [2.05, 4.69) is 20.3 Å². The molecule has 0 aliphatic heterocycles. The van der Waals surface area contributed by atoms with E-state index in [1.165, 1.54) is 6.20 Å². The largest absolute Gasteiger partial charge is 0.349 e. The van der Waals surface area contributed by atoms with Crippen molar-refractivity contribution in [2.45, 2.75) is 13.5 Å². The van der Waals surface area contributed by atoms with Crippen LogP contribution in [0.15, 0.2) is 52.3 Å². The summed E-state index contributed by atoms with van der Waals surface area (Å²) in [5.74, 6) is -0.321. The number of H-pyrrole nitrogens is 1. The molecule has 4 aromatic heterocycles. The van der Waals surface area contributed by atoms with Gasteiger partial charge in [-0.2, -0.15) is 0 Å². The van der Waals surface area contributed by atoms with E-state index in [9.17, 15) is 14.4 Å². The highest BCUT2D eigenvalue weighted by molar-refractivity contribution is 5.94. The highest BCUT2D eigenvalue weighted by Gasteiger charge is 2.16. The molecule has 0 aromatic carbocycles. The van der Waals surface area contributed by atoms with Gasteiger partial charge in [-0.15, -0.1) is 0 Å². The number of aromatic nitrogens is 5. The Bertz CT molecular complexity index is 1280. The van der Waals surface area contributed by atoms with Gasteiger partial charge >= 0.3 is 5.69 Å². The summed E-state index contributed by atoms with van der Waals surface area (Å²) in [6.45, 7) is 1.92. The van der Waals surface area contributed by atoms with Crippen LogP contribution in [0.3, 0.4) is 0 Å². The number of carbonyl (C=O) groups excluding carboxylic acids is 1. The highest BCUT2D eigenvalue weighted by atomic mass is 16.2. The normalized spacial score (nSPS) is 11.1. The van der Waals surface area contributed by atoms with Crippen LogP contribution >= 0.6 is 0 Å². The standard InChI is InChI=1S/C18H16N6O3/c1-11-14(23-9-3-2-6-13(23)21-11)16(25)20-8-10-24-17(26)12-5-4-7-19-15(12)22-18(24)27/h2-7,9H,8,10H2,1H3,(H,20,25)(H,19,22,27). The number of amides is 1. The lowest BCUT2D eigenvalue weighted by Gasteiger charge is -2.08. The van der Waals surface area contributed by atoms with Crippen LogP contribution < -0.4 is 16.6 Å². The van der Waals surface area contributed by atoms with E-state index in [0.29, 0.717) is 22.4 Å². The molecule has 0 saturated carbocycles. The minimum absolute atomic E-state index is 0.0422. The third kappa shape index (κ3) is 2.88. The highest BCUT2D eigenvalue weighted by Crippen LogP contribution is 2.11. The smallest absolute Gasteiger partial charge is 0.330 e. The van der Waals surface area contributed by atoms with Crippen LogP contribution in [0.4, 0.5) is 0 Å². The van der Waals surface area contributed by atoms with E-state index in [0.717, 1.165) is 4.57 Å². The van der Waals surface area contributed by atoms with Crippen molar-refractivity contribution in [1.29, 1.82) is 0 Å². The van der Waals surface area contributed by atoms with E-state index >= 15 is 0 Å². The van der Waals surface area contributed by atoms with Crippen molar-refractivity contribution in [2.75, 3.05) is 6.54 Å². The van der Waals surface area contributed by atoms with Gasteiger partial charge < -0.3 is 5.32 Å². The first-order valence-corrected chi connectivity index (χ1v) is 8.36. The van der Waals surface area contributed by atoms with Gasteiger partial charge in [-0.25, -0.2) is 14.8 Å². The SMILES string of the molecule is Cc1nc2ccccn2c1C(=O)NCCn1c(=O)[nH]c2ncccc2c1=O. The van der Waals surface area contributed by atoms with Crippen LogP contribution in [0, 0.1) is 6.92 Å². The van der Waals surface area contributed by atoms with Crippen LogP contribution in [0.1, 0.15) is 16.2 Å². The summed E-state index contributed by atoms with van der Waals surface area (Å²) in [5.41, 5.74) is 0.942. The lowest BCUT2D eigenvalue weighted by atomic mass is 10.3. The number of rotatable bonds is 4. The minimum Gasteiger partial charge on any atom is -0.349 e. The maximum absolute atomic E-state index is 12.6. The summed E-state index contributed by atoms with van der Waals surface area (Å²) >= 11 is 0. The number of hydrogen-bond donors (Lipinski definition) is 2. The summed E-state index contributed by atoms with van der Waals surface area (Å²) in [6.07, 6.45) is 3.26. The molecule has 136 valence electrons. The molecular formula is C18H16N6O3. The molecule has 4 heterocycles. The summed E-state index contributed by atoms with van der Waals surface area (Å²) in [5, 5.41) is 3.06. The molecule has 0 aliphatic carbocycles. The van der Waals surface area contributed by atoms with Gasteiger partial charge in [-0.05, 0) is 31.2 Å². The van der Waals surface area contributed by atoms with Gasteiger partial charge in [0.1, 0.15) is 17.0 Å². The number of fused-ring (bicyclic) bond motifs is 2. The van der Waals surface area contributed by atoms with Gasteiger partial charge in [0.25, 0.3) is 11.5 Å². The molecule has 4 aromatic rings. The fourth-order valence-corrected chi connectivity index (χ4v) is 3.04. The number of pyridine rings is 2. The van der Waals surface area contributed by atoms with Gasteiger partial charge in [0.05, 0.1) is 11.1 Å². The summed E-state index contributed by atoms with van der Waals surface area (Å²) < 4.78 is 2.75. The Hall–Kier alpha value is -3.75. The lowest BCUT2D eigenvalue weighted by molar-refractivity contribution is 0.0945. The number of nitrogens with one attached hydrogen (secondary N) is 2. The number of imidazole rings is 1. The van der Waals surface area contributed by atoms with E-state index in [1.807, 2.05) is 18.2 Å². The van der Waals surface area contributed by atoms with Crippen molar-refractivity contribution in [1.82, 2.24) is 29.2 Å². The molecule has 0 saturated heterocycles. The zero-order valence-corrected chi connectivity index (χ0v) is 14.5. The van der Waals surface area contributed by atoms with Crippen molar-refractivity contribution < 1.29 is 4.79 Å². The first kappa shape index (κ1) is 16.7. The summed E-state index contributed by atoms with van der Waals surface area (Å²) in [4.78, 5) is 48.0. The predicted octanol–water partition coefficient (Wildman–Crippen LogP) is 0.471. The van der Waals surface area contributed by atoms with Gasteiger partial charge in [0.15, 0.2) is 0 Å². The quantitative estimate of drug-likeness (QED) is 0.546. The fraction of sp³-hybridized carbons (Fsp3) is 0.167. The predicted molar refractivity (Wildman–Crippen MR) is 98.9 cm³/mol. The average Bonchev–Trinajstić information content (AvgIpc) is 3.00. The molecule has 0 unspecified atom stereocenters. The van der Waals surface area contributed by atoms with Crippen LogP contribution in [-0.2, 0) is 6.54 Å². The second kappa shape index (κ2) is 6.52. The molecule has 0 fully saturated rings. The van der Waals surface area contributed by atoms with Gasteiger partial charge in [-0.3, -0.25) is 23.5 Å². The Morgan fingerprint density at radius 3 is 2.93 bits per heavy atom.